The number of carboxylic acids is 1. The van der Waals surface area contributed by atoms with E-state index in [0.717, 1.165) is 0 Å². The Morgan fingerprint density at radius 2 is 1.95 bits per heavy atom. The number of ether oxygens (including phenoxy) is 1. The van der Waals surface area contributed by atoms with Gasteiger partial charge in [-0.2, -0.15) is 0 Å². The number of hydrogen-bond donors (Lipinski definition) is 4. The number of para-hydroxylation sites is 1. The molecule has 8 heteroatoms. The van der Waals surface area contributed by atoms with Crippen LogP contribution in [0.5, 0.6) is 5.75 Å². The molecule has 8 nitrogen and oxygen atoms in total. The summed E-state index contributed by atoms with van der Waals surface area (Å²) in [6.07, 6.45) is 0.150. The van der Waals surface area contributed by atoms with Crippen molar-refractivity contribution in [3.05, 3.63) is 29.8 Å². The summed E-state index contributed by atoms with van der Waals surface area (Å²) < 4.78 is 5.07. The molecule has 0 aliphatic rings. The van der Waals surface area contributed by atoms with Crippen LogP contribution in [-0.4, -0.2) is 42.0 Å². The molecular formula is C14H20N4O4. The minimum Gasteiger partial charge on any atom is -0.496 e. The first kappa shape index (κ1) is 17.4. The molecule has 0 spiro atoms. The number of nitrogens with two attached hydrogens (primary N) is 3. The highest BCUT2D eigenvalue weighted by atomic mass is 16.5. The number of methoxy groups -OCH3 is 1. The largest absolute Gasteiger partial charge is 0.496 e. The van der Waals surface area contributed by atoms with Crippen molar-refractivity contribution in [1.29, 1.82) is 0 Å². The van der Waals surface area contributed by atoms with Crippen molar-refractivity contribution in [2.24, 2.45) is 22.2 Å². The van der Waals surface area contributed by atoms with E-state index in [2.05, 4.69) is 4.99 Å². The second-order valence-corrected chi connectivity index (χ2v) is 4.72. The van der Waals surface area contributed by atoms with Gasteiger partial charge >= 0.3 is 5.97 Å². The predicted octanol–water partition coefficient (Wildman–Crippen LogP) is -0.286. The average molecular weight is 308 g/mol. The first-order valence-electron chi connectivity index (χ1n) is 6.58. The molecule has 7 N–H and O–H groups in total. The molecule has 0 amide bonds. The van der Waals surface area contributed by atoms with E-state index in [1.165, 1.54) is 13.2 Å². The summed E-state index contributed by atoms with van der Waals surface area (Å²) in [4.78, 5) is 27.8. The highest BCUT2D eigenvalue weighted by molar-refractivity contribution is 6.16. The fourth-order valence-corrected chi connectivity index (χ4v) is 1.96. The van der Waals surface area contributed by atoms with Crippen molar-refractivity contribution in [3.63, 3.8) is 0 Å². The molecule has 0 saturated carbocycles. The Bertz CT molecular complexity index is 584. The molecule has 0 fully saturated rings. The fourth-order valence-electron chi connectivity index (χ4n) is 1.96. The van der Waals surface area contributed by atoms with E-state index in [1.54, 1.807) is 18.2 Å². The number of ketones is 1. The lowest BCUT2D eigenvalue weighted by Crippen LogP contribution is -2.55. The normalized spacial score (nSPS) is 13.0. The van der Waals surface area contributed by atoms with Crippen molar-refractivity contribution in [2.75, 3.05) is 13.7 Å². The zero-order valence-corrected chi connectivity index (χ0v) is 12.3. The number of carbonyl (C=O) groups excluding carboxylic acids is 1. The standard InChI is InChI=1S/C14H20N4O4/c1-22-10-6-3-2-5-9(10)11(19)14(17,12(20)21)7-4-8-18-13(15)16/h2-3,5-6H,4,7-8,17H2,1H3,(H,20,21)(H4,15,16,18)/t14-/m1/s1. The lowest BCUT2D eigenvalue weighted by atomic mass is 9.85. The number of aliphatic carboxylic acids is 1. The molecule has 0 aliphatic carbocycles. The number of benzene rings is 1. The molecule has 0 radical (unpaired) electrons. The molecule has 1 rings (SSSR count). The van der Waals surface area contributed by atoms with Crippen LogP contribution in [0.25, 0.3) is 0 Å². The number of carbonyl (C=O) groups is 2. The lowest BCUT2D eigenvalue weighted by molar-refractivity contribution is -0.141. The Labute approximate surface area is 127 Å². The molecule has 1 atom stereocenters. The van der Waals surface area contributed by atoms with Crippen LogP contribution in [0.3, 0.4) is 0 Å². The molecule has 0 saturated heterocycles. The molecule has 1 aromatic rings. The van der Waals surface area contributed by atoms with Crippen LogP contribution in [0.1, 0.15) is 23.2 Å². The van der Waals surface area contributed by atoms with E-state index in [0.29, 0.717) is 0 Å². The second-order valence-electron chi connectivity index (χ2n) is 4.72. The van der Waals surface area contributed by atoms with Gasteiger partial charge in [-0.25, -0.2) is 4.79 Å². The maximum atomic E-state index is 12.5. The molecule has 0 bridgehead atoms. The second kappa shape index (κ2) is 7.41. The van der Waals surface area contributed by atoms with E-state index in [4.69, 9.17) is 21.9 Å². The Balaban J connectivity index is 3.00. The quantitative estimate of drug-likeness (QED) is 0.169. The third-order valence-corrected chi connectivity index (χ3v) is 3.16. The van der Waals surface area contributed by atoms with Crippen LogP contribution < -0.4 is 21.9 Å². The van der Waals surface area contributed by atoms with Crippen LogP contribution in [0.15, 0.2) is 29.3 Å². The molecule has 0 aromatic heterocycles. The highest BCUT2D eigenvalue weighted by Gasteiger charge is 2.43. The number of carboxylic acid groups (broad SMARTS) is 1. The van der Waals surface area contributed by atoms with Gasteiger partial charge in [0.2, 0.25) is 0 Å². The van der Waals surface area contributed by atoms with Gasteiger partial charge in [-0.15, -0.1) is 0 Å². The number of aliphatic imine (C=N–C) groups is 1. The Morgan fingerprint density at radius 3 is 2.50 bits per heavy atom. The van der Waals surface area contributed by atoms with Gasteiger partial charge in [0.15, 0.2) is 17.3 Å². The van der Waals surface area contributed by atoms with E-state index in [9.17, 15) is 14.7 Å². The van der Waals surface area contributed by atoms with Gasteiger partial charge < -0.3 is 27.0 Å². The van der Waals surface area contributed by atoms with E-state index in [-0.39, 0.29) is 36.7 Å². The molecule has 1 aromatic carbocycles. The summed E-state index contributed by atoms with van der Waals surface area (Å²) in [5.74, 6) is -1.96. The minimum atomic E-state index is -2.06. The third-order valence-electron chi connectivity index (χ3n) is 3.16. The van der Waals surface area contributed by atoms with Gasteiger partial charge in [0.1, 0.15) is 5.75 Å². The summed E-state index contributed by atoms with van der Waals surface area (Å²) in [6, 6.07) is 6.32. The first-order chi connectivity index (χ1) is 10.3. The van der Waals surface area contributed by atoms with Gasteiger partial charge in [-0.1, -0.05) is 12.1 Å². The molecule has 0 heterocycles. The smallest absolute Gasteiger partial charge is 0.331 e. The Kier molecular flexibility index (Phi) is 5.88. The minimum absolute atomic E-state index is 0.101. The number of rotatable bonds is 8. The molecule has 22 heavy (non-hydrogen) atoms. The Morgan fingerprint density at radius 1 is 1.32 bits per heavy atom. The number of Topliss-reactive ketones (excluding diaryl/α,β-unsaturated/α-hetero) is 1. The van der Waals surface area contributed by atoms with Crippen LogP contribution in [0, 0.1) is 0 Å². The van der Waals surface area contributed by atoms with Crippen LogP contribution in [-0.2, 0) is 4.79 Å². The molecule has 120 valence electrons. The van der Waals surface area contributed by atoms with Crippen molar-refractivity contribution < 1.29 is 19.4 Å². The maximum Gasteiger partial charge on any atom is 0.331 e. The molecular weight excluding hydrogens is 288 g/mol. The van der Waals surface area contributed by atoms with Crippen molar-refractivity contribution >= 4 is 17.7 Å². The summed E-state index contributed by atoms with van der Waals surface area (Å²) in [5.41, 5.74) is 14.3. The Hall–Kier alpha value is -2.61. The SMILES string of the molecule is COc1ccccc1C(=O)[C@](N)(CCCN=C(N)N)C(=O)O. The van der Waals surface area contributed by atoms with Gasteiger partial charge in [-0.3, -0.25) is 9.79 Å². The number of hydrogen-bond acceptors (Lipinski definition) is 5. The van der Waals surface area contributed by atoms with Gasteiger partial charge in [0.05, 0.1) is 12.7 Å². The van der Waals surface area contributed by atoms with Crippen LogP contribution in [0.2, 0.25) is 0 Å². The van der Waals surface area contributed by atoms with Gasteiger partial charge in [-0.05, 0) is 25.0 Å². The third kappa shape index (κ3) is 3.95. The van der Waals surface area contributed by atoms with E-state index < -0.39 is 17.3 Å². The van der Waals surface area contributed by atoms with Crippen molar-refractivity contribution in [3.8, 4) is 5.75 Å². The zero-order chi connectivity index (χ0) is 16.8. The molecule has 0 unspecified atom stereocenters. The topological polar surface area (TPSA) is 154 Å². The summed E-state index contributed by atoms with van der Waals surface area (Å²) in [5, 5.41) is 9.36. The maximum absolute atomic E-state index is 12.5. The first-order valence-corrected chi connectivity index (χ1v) is 6.58. The fraction of sp³-hybridized carbons (Fsp3) is 0.357. The number of nitrogens with zero attached hydrogens (tertiary/aromatic N) is 1. The monoisotopic (exact) mass is 308 g/mol. The van der Waals surface area contributed by atoms with Crippen LogP contribution in [0.4, 0.5) is 0 Å². The van der Waals surface area contributed by atoms with E-state index in [1.807, 2.05) is 0 Å². The summed E-state index contributed by atoms with van der Waals surface area (Å²) in [6.45, 7) is 0.188. The van der Waals surface area contributed by atoms with Crippen molar-refractivity contribution in [1.82, 2.24) is 0 Å². The zero-order valence-electron chi connectivity index (χ0n) is 12.3. The van der Waals surface area contributed by atoms with Crippen molar-refractivity contribution in [2.45, 2.75) is 18.4 Å². The summed E-state index contributed by atoms with van der Waals surface area (Å²) >= 11 is 0. The lowest BCUT2D eigenvalue weighted by Gasteiger charge is -2.23. The molecule has 0 aliphatic heterocycles. The summed E-state index contributed by atoms with van der Waals surface area (Å²) in [7, 11) is 1.39. The highest BCUT2D eigenvalue weighted by Crippen LogP contribution is 2.24. The predicted molar refractivity (Wildman–Crippen MR) is 81.8 cm³/mol. The van der Waals surface area contributed by atoms with Crippen LogP contribution >= 0.6 is 0 Å². The number of guanidine groups is 1. The average Bonchev–Trinajstić information content (AvgIpc) is 2.50. The van der Waals surface area contributed by atoms with Gasteiger partial charge in [0.25, 0.3) is 0 Å². The van der Waals surface area contributed by atoms with Gasteiger partial charge in [0, 0.05) is 6.54 Å². The van der Waals surface area contributed by atoms with E-state index >= 15 is 0 Å².